The maximum atomic E-state index is 12.0. The Bertz CT molecular complexity index is 406. The van der Waals surface area contributed by atoms with E-state index in [0.717, 1.165) is 24.0 Å². The molecule has 0 amide bonds. The van der Waals surface area contributed by atoms with E-state index in [1.807, 2.05) is 13.0 Å². The van der Waals surface area contributed by atoms with Gasteiger partial charge in [0.15, 0.2) is 5.78 Å². The summed E-state index contributed by atoms with van der Waals surface area (Å²) in [5, 5.41) is 9.13. The van der Waals surface area contributed by atoms with Gasteiger partial charge in [-0.05, 0) is 42.2 Å². The Hall–Kier alpha value is -0.930. The molecule has 0 bridgehead atoms. The van der Waals surface area contributed by atoms with Gasteiger partial charge < -0.3 is 0 Å². The summed E-state index contributed by atoms with van der Waals surface area (Å²) in [7, 11) is 0. The van der Waals surface area contributed by atoms with Crippen LogP contribution >= 0.6 is 0 Å². The topological polar surface area (TPSA) is 46.5 Å². The minimum absolute atomic E-state index is 0.0383. The van der Waals surface area contributed by atoms with E-state index in [1.54, 1.807) is 0 Å². The molecule has 0 aliphatic heterocycles. The van der Waals surface area contributed by atoms with Crippen LogP contribution in [0.1, 0.15) is 40.0 Å². The number of hydrogen-bond acceptors (Lipinski definition) is 3. The van der Waals surface area contributed by atoms with E-state index >= 15 is 0 Å². The van der Waals surface area contributed by atoms with E-state index in [1.165, 1.54) is 0 Å². The third-order valence-electron chi connectivity index (χ3n) is 4.74. The van der Waals surface area contributed by atoms with Crippen molar-refractivity contribution >= 4 is 5.78 Å². The van der Waals surface area contributed by atoms with Crippen molar-refractivity contribution in [2.75, 3.05) is 0 Å². The fourth-order valence-corrected chi connectivity index (χ4v) is 3.26. The van der Waals surface area contributed by atoms with Gasteiger partial charge in [-0.2, -0.15) is 0 Å². The van der Waals surface area contributed by atoms with Gasteiger partial charge in [0.1, 0.15) is 6.10 Å². The normalized spacial score (nSPS) is 38.7. The number of Topliss-reactive ketones (excluding diaryl/α,β-unsaturated/α-hetero) is 1. The van der Waals surface area contributed by atoms with Gasteiger partial charge in [0.25, 0.3) is 0 Å². The molecule has 2 aliphatic rings. The lowest BCUT2D eigenvalue weighted by molar-refractivity contribution is -0.275. The summed E-state index contributed by atoms with van der Waals surface area (Å²) in [6, 6.07) is 0. The van der Waals surface area contributed by atoms with Gasteiger partial charge in [-0.1, -0.05) is 26.5 Å². The lowest BCUT2D eigenvalue weighted by atomic mass is 9.95. The van der Waals surface area contributed by atoms with Crippen LogP contribution in [-0.2, 0) is 9.68 Å². The Kier molecular flexibility index (Phi) is 3.47. The maximum absolute atomic E-state index is 12.0. The molecule has 1 saturated carbocycles. The average Bonchev–Trinajstić information content (AvgIpc) is 2.81. The van der Waals surface area contributed by atoms with Crippen LogP contribution in [0.15, 0.2) is 23.8 Å². The first-order valence-electron chi connectivity index (χ1n) is 6.57. The minimum Gasteiger partial charge on any atom is -0.295 e. The molecular formula is C15H22O3. The van der Waals surface area contributed by atoms with Gasteiger partial charge in [-0.15, -0.1) is 0 Å². The van der Waals surface area contributed by atoms with Crippen molar-refractivity contribution in [1.82, 2.24) is 0 Å². The second-order valence-electron chi connectivity index (χ2n) is 6.19. The van der Waals surface area contributed by atoms with Crippen molar-refractivity contribution in [3.63, 3.8) is 0 Å². The highest BCUT2D eigenvalue weighted by Gasteiger charge is 2.62. The molecule has 100 valence electrons. The Labute approximate surface area is 108 Å². The van der Waals surface area contributed by atoms with Crippen molar-refractivity contribution in [3.05, 3.63) is 23.8 Å². The summed E-state index contributed by atoms with van der Waals surface area (Å²) in [5.74, 6) is 0.699. The van der Waals surface area contributed by atoms with Crippen molar-refractivity contribution in [3.8, 4) is 0 Å². The number of hydrogen-bond donors (Lipinski definition) is 1. The molecular weight excluding hydrogens is 228 g/mol. The van der Waals surface area contributed by atoms with Gasteiger partial charge in [-0.25, -0.2) is 4.89 Å². The third-order valence-corrected chi connectivity index (χ3v) is 4.74. The highest BCUT2D eigenvalue weighted by molar-refractivity contribution is 5.95. The molecule has 0 unspecified atom stereocenters. The standard InChI is InChI=1S/C15H22O3/c1-9-6-5-7-10(2)14(18-17)13-11(8-12(9)16)15(13,3)4/h6,11,13-14,17H,2,5,7-8H2,1,3-4H3/b9-6-/t11-,13-,14+/m0/s1. The van der Waals surface area contributed by atoms with Gasteiger partial charge in [-0.3, -0.25) is 10.1 Å². The summed E-state index contributed by atoms with van der Waals surface area (Å²) in [6.45, 7) is 10.2. The Morgan fingerprint density at radius 2 is 2.17 bits per heavy atom. The Morgan fingerprint density at radius 1 is 1.50 bits per heavy atom. The van der Waals surface area contributed by atoms with Crippen molar-refractivity contribution in [2.24, 2.45) is 17.3 Å². The van der Waals surface area contributed by atoms with Crippen LogP contribution in [0.5, 0.6) is 0 Å². The molecule has 1 fully saturated rings. The van der Waals surface area contributed by atoms with Gasteiger partial charge >= 0.3 is 0 Å². The van der Waals surface area contributed by atoms with Gasteiger partial charge in [0.2, 0.25) is 0 Å². The second-order valence-corrected chi connectivity index (χ2v) is 6.19. The zero-order valence-corrected chi connectivity index (χ0v) is 11.4. The molecule has 3 atom stereocenters. The number of carbonyl (C=O) groups is 1. The number of fused-ring (bicyclic) bond motifs is 1. The van der Waals surface area contributed by atoms with Crippen LogP contribution in [0.2, 0.25) is 0 Å². The van der Waals surface area contributed by atoms with Gasteiger partial charge in [0, 0.05) is 12.3 Å². The molecule has 0 aromatic heterocycles. The number of rotatable bonds is 1. The lowest BCUT2D eigenvalue weighted by Crippen LogP contribution is -2.20. The average molecular weight is 250 g/mol. The molecule has 1 N–H and O–H groups in total. The summed E-state index contributed by atoms with van der Waals surface area (Å²) in [4.78, 5) is 16.7. The highest BCUT2D eigenvalue weighted by Crippen LogP contribution is 2.63. The molecule has 2 aliphatic carbocycles. The van der Waals surface area contributed by atoms with E-state index < -0.39 is 0 Å². The fourth-order valence-electron chi connectivity index (χ4n) is 3.26. The summed E-state index contributed by atoms with van der Waals surface area (Å²) >= 11 is 0. The first kappa shape index (κ1) is 13.5. The number of allylic oxidation sites excluding steroid dienone is 2. The van der Waals surface area contributed by atoms with Crippen LogP contribution in [0.25, 0.3) is 0 Å². The summed E-state index contributed by atoms with van der Waals surface area (Å²) in [5.41, 5.74) is 1.82. The van der Waals surface area contributed by atoms with Crippen LogP contribution in [0.3, 0.4) is 0 Å². The first-order valence-corrected chi connectivity index (χ1v) is 6.57. The van der Waals surface area contributed by atoms with Crippen molar-refractivity contribution in [1.29, 1.82) is 0 Å². The largest absolute Gasteiger partial charge is 0.295 e. The Balaban J connectivity index is 2.27. The van der Waals surface area contributed by atoms with Crippen LogP contribution in [0.4, 0.5) is 0 Å². The van der Waals surface area contributed by atoms with E-state index in [0.29, 0.717) is 6.42 Å². The predicted molar refractivity (Wildman–Crippen MR) is 70.0 cm³/mol. The van der Waals surface area contributed by atoms with Crippen molar-refractivity contribution < 1.29 is 14.9 Å². The molecule has 3 nitrogen and oxygen atoms in total. The van der Waals surface area contributed by atoms with Crippen LogP contribution < -0.4 is 0 Å². The molecule has 0 heterocycles. The van der Waals surface area contributed by atoms with Gasteiger partial charge in [0.05, 0.1) is 0 Å². The smallest absolute Gasteiger partial charge is 0.158 e. The third kappa shape index (κ3) is 2.17. The molecule has 0 saturated heterocycles. The quantitative estimate of drug-likeness (QED) is 0.441. The first-order chi connectivity index (χ1) is 8.39. The van der Waals surface area contributed by atoms with E-state index in [9.17, 15) is 4.79 Å². The minimum atomic E-state index is -0.329. The summed E-state index contributed by atoms with van der Waals surface area (Å²) < 4.78 is 0. The van der Waals surface area contributed by atoms with E-state index in [2.05, 4.69) is 25.3 Å². The molecule has 3 heteroatoms. The predicted octanol–water partition coefficient (Wildman–Crippen LogP) is 3.37. The molecule has 0 aromatic rings. The zero-order chi connectivity index (χ0) is 13.5. The summed E-state index contributed by atoms with van der Waals surface area (Å²) in [6.07, 6.45) is 3.73. The zero-order valence-electron chi connectivity index (χ0n) is 11.4. The highest BCUT2D eigenvalue weighted by atomic mass is 17.1. The van der Waals surface area contributed by atoms with E-state index in [-0.39, 0.29) is 29.1 Å². The Morgan fingerprint density at radius 3 is 2.78 bits per heavy atom. The van der Waals surface area contributed by atoms with Crippen LogP contribution in [0, 0.1) is 17.3 Å². The fraction of sp³-hybridized carbons (Fsp3) is 0.667. The lowest BCUT2D eigenvalue weighted by Gasteiger charge is -2.18. The second kappa shape index (κ2) is 4.63. The van der Waals surface area contributed by atoms with Crippen LogP contribution in [-0.4, -0.2) is 17.1 Å². The molecule has 2 rings (SSSR count). The number of ketones is 1. The van der Waals surface area contributed by atoms with Crippen molar-refractivity contribution in [2.45, 2.75) is 46.1 Å². The molecule has 0 aromatic carbocycles. The maximum Gasteiger partial charge on any atom is 0.158 e. The molecule has 0 radical (unpaired) electrons. The SMILES string of the molecule is C=C1CC/C=C(/C)C(=O)C[C@H]2[C@@H]([C@@H]1OO)C2(C)C. The monoisotopic (exact) mass is 250 g/mol. The molecule has 0 spiro atoms. The van der Waals surface area contributed by atoms with E-state index in [4.69, 9.17) is 5.26 Å². The number of carbonyl (C=O) groups excluding carboxylic acids is 1. The molecule has 18 heavy (non-hydrogen) atoms.